The fourth-order valence-electron chi connectivity index (χ4n) is 2.53. The highest BCUT2D eigenvalue weighted by molar-refractivity contribution is 5.95. The van der Waals surface area contributed by atoms with E-state index >= 15 is 0 Å². The largest absolute Gasteiger partial charge is 0.505 e. The van der Waals surface area contributed by atoms with Crippen molar-refractivity contribution in [3.05, 3.63) is 54.6 Å². The third kappa shape index (κ3) is 1.45. The highest BCUT2D eigenvalue weighted by Crippen LogP contribution is 2.36. The molecule has 19 heavy (non-hydrogen) atoms. The lowest BCUT2D eigenvalue weighted by molar-refractivity contribution is 0.483. The van der Waals surface area contributed by atoms with Gasteiger partial charge < -0.3 is 15.1 Å². The maximum Gasteiger partial charge on any atom is 0.150 e. The van der Waals surface area contributed by atoms with Crippen molar-refractivity contribution in [2.24, 2.45) is 0 Å². The average molecular weight is 248 g/mol. The van der Waals surface area contributed by atoms with Gasteiger partial charge in [0.05, 0.1) is 5.69 Å². The zero-order chi connectivity index (χ0) is 12.8. The molecule has 3 N–H and O–H groups in total. The summed E-state index contributed by atoms with van der Waals surface area (Å²) in [5.41, 5.74) is 3.64. The van der Waals surface area contributed by atoms with Gasteiger partial charge in [0.15, 0.2) is 0 Å². The standard InChI is InChI=1S/C16H12N2O/c19-16-11-6-2-4-8-13(11)18-15(16)14-9-10-5-1-3-7-12(10)17-14/h1-9,17-19H. The van der Waals surface area contributed by atoms with Crippen molar-refractivity contribution in [2.75, 3.05) is 0 Å². The van der Waals surface area contributed by atoms with Gasteiger partial charge in [-0.3, -0.25) is 0 Å². The van der Waals surface area contributed by atoms with Crippen LogP contribution in [0.3, 0.4) is 0 Å². The molecule has 0 aliphatic rings. The number of aromatic hydroxyl groups is 1. The minimum Gasteiger partial charge on any atom is -0.505 e. The second kappa shape index (κ2) is 3.65. The maximum absolute atomic E-state index is 10.3. The van der Waals surface area contributed by atoms with Gasteiger partial charge in [-0.05, 0) is 24.3 Å². The van der Waals surface area contributed by atoms with Crippen molar-refractivity contribution in [3.8, 4) is 17.1 Å². The number of fused-ring (bicyclic) bond motifs is 2. The smallest absolute Gasteiger partial charge is 0.150 e. The Kier molecular flexibility index (Phi) is 1.97. The maximum atomic E-state index is 10.3. The van der Waals surface area contributed by atoms with Gasteiger partial charge in [-0.25, -0.2) is 0 Å². The molecule has 0 aliphatic carbocycles. The zero-order valence-electron chi connectivity index (χ0n) is 10.1. The highest BCUT2D eigenvalue weighted by Gasteiger charge is 2.13. The molecule has 0 amide bonds. The van der Waals surface area contributed by atoms with Gasteiger partial charge in [0.2, 0.25) is 0 Å². The molecule has 0 fully saturated rings. The number of H-pyrrole nitrogens is 2. The molecule has 0 saturated carbocycles. The van der Waals surface area contributed by atoms with E-state index in [1.807, 2.05) is 48.5 Å². The van der Waals surface area contributed by atoms with E-state index in [2.05, 4.69) is 16.0 Å². The lowest BCUT2D eigenvalue weighted by Crippen LogP contribution is -1.76. The fraction of sp³-hybridized carbons (Fsp3) is 0. The van der Waals surface area contributed by atoms with Gasteiger partial charge in [-0.2, -0.15) is 0 Å². The second-order valence-corrected chi connectivity index (χ2v) is 4.66. The number of hydrogen-bond acceptors (Lipinski definition) is 1. The van der Waals surface area contributed by atoms with Gasteiger partial charge >= 0.3 is 0 Å². The molecule has 3 nitrogen and oxygen atoms in total. The van der Waals surface area contributed by atoms with Gasteiger partial charge in [-0.1, -0.05) is 30.3 Å². The summed E-state index contributed by atoms with van der Waals surface area (Å²) in [5, 5.41) is 12.3. The van der Waals surface area contributed by atoms with Crippen molar-refractivity contribution >= 4 is 21.8 Å². The molecule has 0 unspecified atom stereocenters. The van der Waals surface area contributed by atoms with Crippen LogP contribution in [0, 0.1) is 0 Å². The molecule has 0 atom stereocenters. The molecule has 0 bridgehead atoms. The quantitative estimate of drug-likeness (QED) is 0.468. The van der Waals surface area contributed by atoms with Crippen LogP contribution < -0.4 is 0 Å². The molecular formula is C16H12N2O. The second-order valence-electron chi connectivity index (χ2n) is 4.66. The fourth-order valence-corrected chi connectivity index (χ4v) is 2.53. The number of nitrogens with one attached hydrogen (secondary N) is 2. The number of aromatic nitrogens is 2. The normalized spacial score (nSPS) is 11.4. The molecule has 92 valence electrons. The minimum absolute atomic E-state index is 0.294. The summed E-state index contributed by atoms with van der Waals surface area (Å²) in [6, 6.07) is 17.9. The SMILES string of the molecule is Oc1c(-c2cc3ccccc3[nH]2)[nH]c2ccccc12. The van der Waals surface area contributed by atoms with Crippen LogP contribution in [-0.4, -0.2) is 15.1 Å². The lowest BCUT2D eigenvalue weighted by Gasteiger charge is -1.94. The molecular weight excluding hydrogens is 236 g/mol. The van der Waals surface area contributed by atoms with Crippen LogP contribution in [0.2, 0.25) is 0 Å². The molecule has 0 radical (unpaired) electrons. The summed E-state index contributed by atoms with van der Waals surface area (Å²) in [5.74, 6) is 0.294. The molecule has 0 spiro atoms. The van der Waals surface area contributed by atoms with Crippen LogP contribution >= 0.6 is 0 Å². The number of aromatic amines is 2. The first-order valence-electron chi connectivity index (χ1n) is 6.21. The Balaban J connectivity index is 2.01. The van der Waals surface area contributed by atoms with E-state index in [1.165, 1.54) is 0 Å². The van der Waals surface area contributed by atoms with E-state index in [9.17, 15) is 5.11 Å². The zero-order valence-corrected chi connectivity index (χ0v) is 10.1. The number of benzene rings is 2. The van der Waals surface area contributed by atoms with Crippen molar-refractivity contribution in [2.45, 2.75) is 0 Å². The molecule has 4 aromatic rings. The summed E-state index contributed by atoms with van der Waals surface area (Å²) in [6.07, 6.45) is 0. The van der Waals surface area contributed by atoms with E-state index < -0.39 is 0 Å². The first-order chi connectivity index (χ1) is 9.33. The van der Waals surface area contributed by atoms with Crippen molar-refractivity contribution in [1.29, 1.82) is 0 Å². The Morgan fingerprint density at radius 2 is 1.53 bits per heavy atom. The van der Waals surface area contributed by atoms with Crippen molar-refractivity contribution in [3.63, 3.8) is 0 Å². The van der Waals surface area contributed by atoms with Gasteiger partial charge in [0.25, 0.3) is 0 Å². The Bertz CT molecular complexity index is 853. The molecule has 2 aromatic carbocycles. The predicted octanol–water partition coefficient (Wildman–Crippen LogP) is 4.02. The summed E-state index contributed by atoms with van der Waals surface area (Å²) in [4.78, 5) is 6.58. The first-order valence-corrected chi connectivity index (χ1v) is 6.21. The van der Waals surface area contributed by atoms with E-state index in [-0.39, 0.29) is 0 Å². The van der Waals surface area contributed by atoms with Gasteiger partial charge in [0, 0.05) is 21.8 Å². The number of hydrogen-bond donors (Lipinski definition) is 3. The van der Waals surface area contributed by atoms with Crippen LogP contribution in [0.15, 0.2) is 54.6 Å². The Morgan fingerprint density at radius 3 is 2.32 bits per heavy atom. The third-order valence-corrected chi connectivity index (χ3v) is 3.48. The third-order valence-electron chi connectivity index (χ3n) is 3.48. The van der Waals surface area contributed by atoms with E-state index in [0.29, 0.717) is 5.75 Å². The summed E-state index contributed by atoms with van der Waals surface area (Å²) in [6.45, 7) is 0. The topological polar surface area (TPSA) is 51.8 Å². The highest BCUT2D eigenvalue weighted by atomic mass is 16.3. The van der Waals surface area contributed by atoms with E-state index in [4.69, 9.17) is 0 Å². The Labute approximate surface area is 109 Å². The van der Waals surface area contributed by atoms with Crippen LogP contribution in [0.25, 0.3) is 33.2 Å². The van der Waals surface area contributed by atoms with E-state index in [1.54, 1.807) is 0 Å². The van der Waals surface area contributed by atoms with Gasteiger partial charge in [-0.15, -0.1) is 0 Å². The Hall–Kier alpha value is -2.68. The summed E-state index contributed by atoms with van der Waals surface area (Å²) >= 11 is 0. The summed E-state index contributed by atoms with van der Waals surface area (Å²) in [7, 11) is 0. The molecule has 2 heterocycles. The van der Waals surface area contributed by atoms with Crippen LogP contribution in [0.5, 0.6) is 5.75 Å². The Morgan fingerprint density at radius 1 is 0.789 bits per heavy atom. The molecule has 2 aromatic heterocycles. The number of rotatable bonds is 1. The van der Waals surface area contributed by atoms with Gasteiger partial charge in [0.1, 0.15) is 11.4 Å². The molecule has 3 heteroatoms. The molecule has 4 rings (SSSR count). The van der Waals surface area contributed by atoms with Crippen LogP contribution in [0.1, 0.15) is 0 Å². The lowest BCUT2D eigenvalue weighted by atomic mass is 10.2. The number of para-hydroxylation sites is 2. The minimum atomic E-state index is 0.294. The molecule has 0 saturated heterocycles. The van der Waals surface area contributed by atoms with Crippen molar-refractivity contribution < 1.29 is 5.11 Å². The predicted molar refractivity (Wildman–Crippen MR) is 77.3 cm³/mol. The molecule has 0 aliphatic heterocycles. The first kappa shape index (κ1) is 10.3. The van der Waals surface area contributed by atoms with E-state index in [0.717, 1.165) is 33.2 Å². The van der Waals surface area contributed by atoms with Crippen LogP contribution in [0.4, 0.5) is 0 Å². The van der Waals surface area contributed by atoms with Crippen LogP contribution in [-0.2, 0) is 0 Å². The monoisotopic (exact) mass is 248 g/mol. The average Bonchev–Trinajstić information content (AvgIpc) is 3.00. The van der Waals surface area contributed by atoms with Crippen molar-refractivity contribution in [1.82, 2.24) is 9.97 Å². The summed E-state index contributed by atoms with van der Waals surface area (Å²) < 4.78 is 0.